The Kier molecular flexibility index (Phi) is 8.17. The molecule has 22 heavy (non-hydrogen) atoms. The third-order valence-corrected chi connectivity index (χ3v) is 4.16. The van der Waals surface area contributed by atoms with E-state index >= 15 is 0 Å². The molecule has 1 aliphatic carbocycles. The van der Waals surface area contributed by atoms with Crippen molar-refractivity contribution in [3.8, 4) is 0 Å². The van der Waals surface area contributed by atoms with Gasteiger partial charge in [-0.05, 0) is 25.3 Å². The Bertz CT molecular complexity index is 454. The Hall–Kier alpha value is -0.820. The van der Waals surface area contributed by atoms with Crippen LogP contribution in [0.25, 0.3) is 0 Å². The van der Waals surface area contributed by atoms with Crippen molar-refractivity contribution in [1.82, 2.24) is 5.32 Å². The molecular weight excluding hydrogens is 389 g/mol. The van der Waals surface area contributed by atoms with Crippen LogP contribution in [0.3, 0.4) is 0 Å². The lowest BCUT2D eigenvalue weighted by Crippen LogP contribution is -2.40. The van der Waals surface area contributed by atoms with E-state index in [4.69, 9.17) is 5.73 Å². The third kappa shape index (κ3) is 6.12. The maximum Gasteiger partial charge on any atom is 0.188 e. The molecule has 0 aromatic heterocycles. The minimum Gasteiger partial charge on any atom is -0.384 e. The summed E-state index contributed by atoms with van der Waals surface area (Å²) in [7, 11) is 0. The summed E-state index contributed by atoms with van der Waals surface area (Å²) in [6.45, 7) is 2.04. The molecular formula is C17H28IN3O. The van der Waals surface area contributed by atoms with Crippen molar-refractivity contribution in [3.63, 3.8) is 0 Å². The molecule has 4 N–H and O–H groups in total. The van der Waals surface area contributed by atoms with Crippen LogP contribution in [0.2, 0.25) is 0 Å². The number of nitrogens with two attached hydrogens (primary N) is 1. The highest BCUT2D eigenvalue weighted by atomic mass is 127. The fourth-order valence-electron chi connectivity index (χ4n) is 2.81. The van der Waals surface area contributed by atoms with Gasteiger partial charge in [0.2, 0.25) is 0 Å². The van der Waals surface area contributed by atoms with Gasteiger partial charge in [0.1, 0.15) is 5.60 Å². The zero-order valence-electron chi connectivity index (χ0n) is 13.3. The zero-order valence-corrected chi connectivity index (χ0v) is 15.6. The van der Waals surface area contributed by atoms with E-state index in [-0.39, 0.29) is 30.5 Å². The van der Waals surface area contributed by atoms with Crippen LogP contribution in [-0.4, -0.2) is 23.7 Å². The fourth-order valence-corrected chi connectivity index (χ4v) is 2.81. The first-order valence-electron chi connectivity index (χ1n) is 7.92. The quantitative estimate of drug-likeness (QED) is 0.305. The van der Waals surface area contributed by atoms with Crippen LogP contribution in [0.4, 0.5) is 0 Å². The molecule has 1 unspecified atom stereocenters. The van der Waals surface area contributed by atoms with Crippen LogP contribution in [-0.2, 0) is 5.60 Å². The van der Waals surface area contributed by atoms with Crippen LogP contribution in [0.15, 0.2) is 35.3 Å². The second-order valence-electron chi connectivity index (χ2n) is 6.17. The van der Waals surface area contributed by atoms with Crippen molar-refractivity contribution in [2.75, 3.05) is 6.54 Å². The smallest absolute Gasteiger partial charge is 0.188 e. The maximum absolute atomic E-state index is 10.5. The topological polar surface area (TPSA) is 70.6 Å². The van der Waals surface area contributed by atoms with E-state index in [9.17, 15) is 5.11 Å². The van der Waals surface area contributed by atoms with Crippen LogP contribution in [0, 0.1) is 0 Å². The van der Waals surface area contributed by atoms with Crippen molar-refractivity contribution >= 4 is 29.9 Å². The second-order valence-corrected chi connectivity index (χ2v) is 6.17. The van der Waals surface area contributed by atoms with E-state index in [2.05, 4.69) is 10.3 Å². The maximum atomic E-state index is 10.5. The number of rotatable bonds is 4. The van der Waals surface area contributed by atoms with Crippen molar-refractivity contribution in [3.05, 3.63) is 35.9 Å². The number of halogens is 1. The van der Waals surface area contributed by atoms with Crippen molar-refractivity contribution in [2.45, 2.75) is 57.1 Å². The number of aliphatic imine (C=N–C) groups is 1. The molecule has 1 fully saturated rings. The number of guanidine groups is 1. The van der Waals surface area contributed by atoms with E-state index in [0.717, 1.165) is 18.4 Å². The summed E-state index contributed by atoms with van der Waals surface area (Å²) < 4.78 is 0. The lowest BCUT2D eigenvalue weighted by Gasteiger charge is -2.23. The average molecular weight is 417 g/mol. The van der Waals surface area contributed by atoms with Gasteiger partial charge in [-0.2, -0.15) is 0 Å². The van der Waals surface area contributed by atoms with Gasteiger partial charge >= 0.3 is 0 Å². The first-order valence-corrected chi connectivity index (χ1v) is 7.92. The molecule has 2 rings (SSSR count). The van der Waals surface area contributed by atoms with Gasteiger partial charge in [0.25, 0.3) is 0 Å². The molecule has 0 bridgehead atoms. The van der Waals surface area contributed by atoms with Gasteiger partial charge in [0.15, 0.2) is 5.96 Å². The lowest BCUT2D eigenvalue weighted by molar-refractivity contribution is 0.0673. The summed E-state index contributed by atoms with van der Waals surface area (Å²) in [5, 5.41) is 13.8. The van der Waals surface area contributed by atoms with Crippen LogP contribution in [0.1, 0.15) is 51.0 Å². The number of aliphatic hydroxyl groups is 1. The van der Waals surface area contributed by atoms with Crippen LogP contribution in [0.5, 0.6) is 0 Å². The monoisotopic (exact) mass is 417 g/mol. The molecule has 1 aromatic carbocycles. The number of hydrogen-bond donors (Lipinski definition) is 3. The normalized spacial score (nSPS) is 19.6. The second kappa shape index (κ2) is 9.35. The van der Waals surface area contributed by atoms with Gasteiger partial charge in [-0.3, -0.25) is 4.99 Å². The van der Waals surface area contributed by atoms with Crippen LogP contribution < -0.4 is 11.1 Å². The van der Waals surface area contributed by atoms with Crippen molar-refractivity contribution in [1.29, 1.82) is 0 Å². The highest BCUT2D eigenvalue weighted by molar-refractivity contribution is 14.0. The highest BCUT2D eigenvalue weighted by Crippen LogP contribution is 2.20. The summed E-state index contributed by atoms with van der Waals surface area (Å²) in [6.07, 6.45) is 7.46. The van der Waals surface area contributed by atoms with Gasteiger partial charge in [-0.15, -0.1) is 24.0 Å². The molecule has 1 aromatic rings. The molecule has 0 heterocycles. The average Bonchev–Trinajstić information content (AvgIpc) is 2.75. The van der Waals surface area contributed by atoms with Gasteiger partial charge in [0, 0.05) is 6.04 Å². The SMILES string of the molecule is CC(O)(CN=C(N)NC1CCCCCC1)c1ccccc1.I. The summed E-state index contributed by atoms with van der Waals surface area (Å²) in [4.78, 5) is 4.33. The number of nitrogens with one attached hydrogen (secondary N) is 1. The van der Waals surface area contributed by atoms with Gasteiger partial charge < -0.3 is 16.2 Å². The highest BCUT2D eigenvalue weighted by Gasteiger charge is 2.22. The molecule has 124 valence electrons. The molecule has 1 saturated carbocycles. The molecule has 5 heteroatoms. The molecule has 0 saturated heterocycles. The van der Waals surface area contributed by atoms with E-state index in [1.807, 2.05) is 30.3 Å². The minimum absolute atomic E-state index is 0. The van der Waals surface area contributed by atoms with E-state index in [0.29, 0.717) is 12.0 Å². The molecule has 0 radical (unpaired) electrons. The standard InChI is InChI=1S/C17H27N3O.HI/c1-17(21,14-9-5-4-6-10-14)13-19-16(18)20-15-11-7-2-3-8-12-15;/h4-6,9-10,15,21H,2-3,7-8,11-13H2,1H3,(H3,18,19,20);1H. The Balaban J connectivity index is 0.00000242. The predicted octanol–water partition coefficient (Wildman–Crippen LogP) is 3.14. The molecule has 4 nitrogen and oxygen atoms in total. The Morgan fingerprint density at radius 2 is 1.82 bits per heavy atom. The largest absolute Gasteiger partial charge is 0.384 e. The van der Waals surface area contributed by atoms with Gasteiger partial charge in [-0.25, -0.2) is 0 Å². The van der Waals surface area contributed by atoms with E-state index in [1.165, 1.54) is 25.7 Å². The number of benzene rings is 1. The lowest BCUT2D eigenvalue weighted by atomic mass is 9.96. The Morgan fingerprint density at radius 3 is 2.41 bits per heavy atom. The molecule has 1 atom stereocenters. The zero-order chi connectivity index (χ0) is 15.1. The summed E-state index contributed by atoms with van der Waals surface area (Å²) in [5.74, 6) is 0.443. The summed E-state index contributed by atoms with van der Waals surface area (Å²) in [6, 6.07) is 10.0. The van der Waals surface area contributed by atoms with E-state index < -0.39 is 5.60 Å². The molecule has 1 aliphatic rings. The molecule has 0 aliphatic heterocycles. The Morgan fingerprint density at radius 1 is 1.23 bits per heavy atom. The minimum atomic E-state index is -0.989. The first kappa shape index (κ1) is 19.2. The van der Waals surface area contributed by atoms with E-state index in [1.54, 1.807) is 6.92 Å². The molecule has 0 amide bonds. The number of nitrogens with zero attached hydrogens (tertiary/aromatic N) is 1. The van der Waals surface area contributed by atoms with Gasteiger partial charge in [-0.1, -0.05) is 56.0 Å². The predicted molar refractivity (Wildman–Crippen MR) is 103 cm³/mol. The Labute approximate surface area is 150 Å². The van der Waals surface area contributed by atoms with Crippen molar-refractivity contribution < 1.29 is 5.11 Å². The van der Waals surface area contributed by atoms with Crippen LogP contribution >= 0.6 is 24.0 Å². The van der Waals surface area contributed by atoms with Gasteiger partial charge in [0.05, 0.1) is 6.54 Å². The summed E-state index contributed by atoms with van der Waals surface area (Å²) >= 11 is 0. The number of hydrogen-bond acceptors (Lipinski definition) is 2. The first-order chi connectivity index (χ1) is 10.1. The third-order valence-electron chi connectivity index (χ3n) is 4.16. The van der Waals surface area contributed by atoms with Crippen molar-refractivity contribution in [2.24, 2.45) is 10.7 Å². The fraction of sp³-hybridized carbons (Fsp3) is 0.588. The summed E-state index contributed by atoms with van der Waals surface area (Å²) in [5.41, 5.74) is 5.84. The molecule has 0 spiro atoms.